The number of ether oxygens (including phenoxy) is 1. The summed E-state index contributed by atoms with van der Waals surface area (Å²) < 4.78 is 7.48. The quantitative estimate of drug-likeness (QED) is 0.747. The number of para-hydroxylation sites is 1. The highest BCUT2D eigenvalue weighted by atomic mass is 16.5. The Kier molecular flexibility index (Phi) is 4.67. The molecule has 5 nitrogen and oxygen atoms in total. The maximum Gasteiger partial charge on any atom is 0.244 e. The van der Waals surface area contributed by atoms with E-state index < -0.39 is 0 Å². The first-order chi connectivity index (χ1) is 13.2. The Balaban J connectivity index is 1.60. The van der Waals surface area contributed by atoms with E-state index in [1.807, 2.05) is 42.0 Å². The van der Waals surface area contributed by atoms with Crippen LogP contribution in [-0.2, 0) is 24.2 Å². The van der Waals surface area contributed by atoms with Gasteiger partial charge in [-0.3, -0.25) is 4.79 Å². The van der Waals surface area contributed by atoms with Gasteiger partial charge in [0.05, 0.1) is 12.7 Å². The number of fused-ring (bicyclic) bond motifs is 1. The van der Waals surface area contributed by atoms with Crippen molar-refractivity contribution in [1.82, 2.24) is 9.55 Å². The van der Waals surface area contributed by atoms with Crippen molar-refractivity contribution >= 4 is 11.6 Å². The van der Waals surface area contributed by atoms with Crippen LogP contribution in [0.5, 0.6) is 5.75 Å². The smallest absolute Gasteiger partial charge is 0.244 e. The van der Waals surface area contributed by atoms with Gasteiger partial charge in [0.15, 0.2) is 0 Å². The summed E-state index contributed by atoms with van der Waals surface area (Å²) in [7, 11) is 1.68. The summed E-state index contributed by atoms with van der Waals surface area (Å²) >= 11 is 0. The Morgan fingerprint density at radius 2 is 2.00 bits per heavy atom. The molecule has 5 heteroatoms. The van der Waals surface area contributed by atoms with Crippen LogP contribution in [0.2, 0.25) is 0 Å². The van der Waals surface area contributed by atoms with Crippen LogP contribution in [0.25, 0.3) is 11.4 Å². The Hall–Kier alpha value is -3.08. The molecule has 1 N–H and O–H groups in total. The normalized spacial score (nSPS) is 12.7. The molecule has 138 valence electrons. The lowest BCUT2D eigenvalue weighted by Crippen LogP contribution is -2.19. The maximum atomic E-state index is 12.6. The standard InChI is InChI=1S/C22H23N3O2/c1-15-6-3-4-9-19(15)24-21(26)14-25-11-10-23-22(25)18-12-16-7-5-8-17(16)13-20(18)27-2/h3-4,6,9-13H,5,7-8,14H2,1-2H3,(H,24,26). The largest absolute Gasteiger partial charge is 0.496 e. The van der Waals surface area contributed by atoms with Gasteiger partial charge in [0.2, 0.25) is 5.91 Å². The van der Waals surface area contributed by atoms with Crippen LogP contribution < -0.4 is 10.1 Å². The third kappa shape index (κ3) is 3.45. The first-order valence-corrected chi connectivity index (χ1v) is 9.22. The fourth-order valence-corrected chi connectivity index (χ4v) is 3.68. The van der Waals surface area contributed by atoms with Gasteiger partial charge in [0.1, 0.15) is 18.1 Å². The summed E-state index contributed by atoms with van der Waals surface area (Å²) in [5, 5.41) is 2.98. The predicted octanol–water partition coefficient (Wildman–Crippen LogP) is 3.99. The average molecular weight is 361 g/mol. The van der Waals surface area contributed by atoms with Gasteiger partial charge in [-0.1, -0.05) is 18.2 Å². The van der Waals surface area contributed by atoms with Crippen LogP contribution in [-0.4, -0.2) is 22.6 Å². The van der Waals surface area contributed by atoms with E-state index in [1.165, 1.54) is 17.5 Å². The SMILES string of the molecule is COc1cc2c(cc1-c1nccn1CC(=O)Nc1ccccc1C)CCC2. The number of imidazole rings is 1. The zero-order chi connectivity index (χ0) is 18.8. The van der Waals surface area contributed by atoms with E-state index in [2.05, 4.69) is 22.4 Å². The van der Waals surface area contributed by atoms with Gasteiger partial charge in [0, 0.05) is 18.1 Å². The van der Waals surface area contributed by atoms with Gasteiger partial charge < -0.3 is 14.6 Å². The molecule has 1 amide bonds. The predicted molar refractivity (Wildman–Crippen MR) is 106 cm³/mol. The Morgan fingerprint density at radius 1 is 1.22 bits per heavy atom. The van der Waals surface area contributed by atoms with Gasteiger partial charge in [-0.15, -0.1) is 0 Å². The Morgan fingerprint density at radius 3 is 2.78 bits per heavy atom. The maximum absolute atomic E-state index is 12.6. The molecule has 0 spiro atoms. The zero-order valence-electron chi connectivity index (χ0n) is 15.7. The lowest BCUT2D eigenvalue weighted by molar-refractivity contribution is -0.116. The highest BCUT2D eigenvalue weighted by Crippen LogP contribution is 2.35. The molecule has 3 aromatic rings. The number of aromatic nitrogens is 2. The Labute approximate surface area is 159 Å². The van der Waals surface area contributed by atoms with Gasteiger partial charge in [-0.05, 0) is 61.1 Å². The summed E-state index contributed by atoms with van der Waals surface area (Å²) in [5.74, 6) is 1.48. The number of rotatable bonds is 5. The van der Waals surface area contributed by atoms with Crippen molar-refractivity contribution < 1.29 is 9.53 Å². The molecule has 1 heterocycles. The monoisotopic (exact) mass is 361 g/mol. The fraction of sp³-hybridized carbons (Fsp3) is 0.273. The molecule has 0 unspecified atom stereocenters. The molecule has 0 aliphatic heterocycles. The zero-order valence-corrected chi connectivity index (χ0v) is 15.7. The molecule has 2 aromatic carbocycles. The molecule has 1 aromatic heterocycles. The molecule has 4 rings (SSSR count). The van der Waals surface area contributed by atoms with Crippen LogP contribution in [0.1, 0.15) is 23.1 Å². The second-order valence-electron chi connectivity index (χ2n) is 6.92. The first kappa shape index (κ1) is 17.3. The van der Waals surface area contributed by atoms with E-state index >= 15 is 0 Å². The van der Waals surface area contributed by atoms with Crippen molar-refractivity contribution in [3.05, 3.63) is 65.5 Å². The van der Waals surface area contributed by atoms with E-state index in [0.717, 1.165) is 41.2 Å². The van der Waals surface area contributed by atoms with Crippen LogP contribution in [0.15, 0.2) is 48.8 Å². The minimum absolute atomic E-state index is 0.0799. The van der Waals surface area contributed by atoms with Crippen molar-refractivity contribution in [2.24, 2.45) is 0 Å². The lowest BCUT2D eigenvalue weighted by atomic mass is 10.0. The molecule has 0 radical (unpaired) electrons. The van der Waals surface area contributed by atoms with E-state index in [0.29, 0.717) is 0 Å². The van der Waals surface area contributed by atoms with Crippen LogP contribution >= 0.6 is 0 Å². The number of carbonyl (C=O) groups is 1. The number of hydrogen-bond donors (Lipinski definition) is 1. The number of carbonyl (C=O) groups excluding carboxylic acids is 1. The lowest BCUT2D eigenvalue weighted by Gasteiger charge is -2.14. The van der Waals surface area contributed by atoms with Crippen molar-refractivity contribution in [3.8, 4) is 17.1 Å². The number of methoxy groups -OCH3 is 1. The first-order valence-electron chi connectivity index (χ1n) is 9.22. The topological polar surface area (TPSA) is 56.2 Å². The second-order valence-corrected chi connectivity index (χ2v) is 6.92. The molecule has 0 saturated heterocycles. The molecule has 0 saturated carbocycles. The highest BCUT2D eigenvalue weighted by molar-refractivity contribution is 5.91. The van der Waals surface area contributed by atoms with Gasteiger partial charge >= 0.3 is 0 Å². The summed E-state index contributed by atoms with van der Waals surface area (Å²) in [4.78, 5) is 17.1. The molecule has 1 aliphatic carbocycles. The van der Waals surface area contributed by atoms with E-state index in [-0.39, 0.29) is 12.5 Å². The van der Waals surface area contributed by atoms with Crippen LogP contribution in [0, 0.1) is 6.92 Å². The summed E-state index contributed by atoms with van der Waals surface area (Å²) in [6.45, 7) is 2.18. The van der Waals surface area contributed by atoms with E-state index in [9.17, 15) is 4.79 Å². The molecule has 0 atom stereocenters. The second kappa shape index (κ2) is 7.27. The van der Waals surface area contributed by atoms with Gasteiger partial charge in [-0.25, -0.2) is 4.98 Å². The minimum Gasteiger partial charge on any atom is -0.496 e. The molecular weight excluding hydrogens is 338 g/mol. The number of aryl methyl sites for hydroxylation is 3. The summed E-state index contributed by atoms with van der Waals surface area (Å²) in [5.41, 5.74) is 5.51. The number of hydrogen-bond acceptors (Lipinski definition) is 3. The molecule has 0 bridgehead atoms. The number of amides is 1. The van der Waals surface area contributed by atoms with Crippen molar-refractivity contribution in [2.75, 3.05) is 12.4 Å². The van der Waals surface area contributed by atoms with E-state index in [1.54, 1.807) is 13.3 Å². The molecular formula is C22H23N3O2. The molecule has 0 fully saturated rings. The number of nitrogens with zero attached hydrogens (tertiary/aromatic N) is 2. The Bertz CT molecular complexity index is 991. The molecule has 1 aliphatic rings. The van der Waals surface area contributed by atoms with Crippen LogP contribution in [0.3, 0.4) is 0 Å². The number of benzene rings is 2. The number of anilines is 1. The van der Waals surface area contributed by atoms with Gasteiger partial charge in [-0.2, -0.15) is 0 Å². The third-order valence-electron chi connectivity index (χ3n) is 5.10. The van der Waals surface area contributed by atoms with Gasteiger partial charge in [0.25, 0.3) is 0 Å². The van der Waals surface area contributed by atoms with Crippen LogP contribution in [0.4, 0.5) is 5.69 Å². The highest BCUT2D eigenvalue weighted by Gasteiger charge is 2.19. The summed E-state index contributed by atoms with van der Waals surface area (Å²) in [6, 6.07) is 12.0. The average Bonchev–Trinajstić information content (AvgIpc) is 3.31. The molecule has 27 heavy (non-hydrogen) atoms. The summed E-state index contributed by atoms with van der Waals surface area (Å²) in [6.07, 6.45) is 6.91. The third-order valence-corrected chi connectivity index (χ3v) is 5.10. The van der Waals surface area contributed by atoms with E-state index in [4.69, 9.17) is 4.74 Å². The fourth-order valence-electron chi connectivity index (χ4n) is 3.68. The minimum atomic E-state index is -0.0799. The van der Waals surface area contributed by atoms with Crippen molar-refractivity contribution in [2.45, 2.75) is 32.7 Å². The van der Waals surface area contributed by atoms with Crippen molar-refractivity contribution in [3.63, 3.8) is 0 Å². The van der Waals surface area contributed by atoms with Crippen molar-refractivity contribution in [1.29, 1.82) is 0 Å². The number of nitrogens with one attached hydrogen (secondary N) is 1.